The highest BCUT2D eigenvalue weighted by Gasteiger charge is 2.32. The van der Waals surface area contributed by atoms with Crippen molar-refractivity contribution in [3.8, 4) is 0 Å². The summed E-state index contributed by atoms with van der Waals surface area (Å²) in [5, 5.41) is 1.13. The lowest BCUT2D eigenvalue weighted by molar-refractivity contribution is -0.133. The van der Waals surface area contributed by atoms with Crippen molar-refractivity contribution in [2.45, 2.75) is 26.2 Å². The molecule has 0 saturated carbocycles. The molecule has 0 bridgehead atoms. The van der Waals surface area contributed by atoms with Gasteiger partial charge in [-0.25, -0.2) is 0 Å². The summed E-state index contributed by atoms with van der Waals surface area (Å²) in [7, 11) is 0. The first-order valence-electron chi connectivity index (χ1n) is 6.89. The molecule has 0 aliphatic carbocycles. The summed E-state index contributed by atoms with van der Waals surface area (Å²) >= 11 is 6.28. The van der Waals surface area contributed by atoms with Crippen LogP contribution >= 0.6 is 24.0 Å². The normalized spacial score (nSPS) is 17.0. The van der Waals surface area contributed by atoms with Crippen LogP contribution in [-0.2, 0) is 9.59 Å². The number of nitrogens with zero attached hydrogens (tertiary/aromatic N) is 1. The van der Waals surface area contributed by atoms with Gasteiger partial charge in [0.15, 0.2) is 4.32 Å². The number of furan rings is 1. The minimum atomic E-state index is -0.316. The number of hydrogen-bond donors (Lipinski definition) is 1. The molecule has 0 aromatic carbocycles. The molecule has 1 aromatic heterocycles. The highest BCUT2D eigenvalue weighted by Crippen LogP contribution is 2.29. The van der Waals surface area contributed by atoms with Crippen molar-refractivity contribution in [3.05, 3.63) is 41.2 Å². The number of thiocarbonyl (C=S) groups is 1. The number of amides is 2. The SMILES string of the molecule is CCCCC(=O)NN1C(=O)C(=CC=Cc2ccco2)SC1=S. The van der Waals surface area contributed by atoms with E-state index in [-0.39, 0.29) is 11.8 Å². The van der Waals surface area contributed by atoms with Crippen molar-refractivity contribution in [3.63, 3.8) is 0 Å². The van der Waals surface area contributed by atoms with E-state index in [2.05, 4.69) is 5.43 Å². The Balaban J connectivity index is 1.97. The molecule has 1 fully saturated rings. The number of hydrazine groups is 1. The molecule has 0 unspecified atom stereocenters. The fourth-order valence-electron chi connectivity index (χ4n) is 1.71. The third-order valence-electron chi connectivity index (χ3n) is 2.84. The van der Waals surface area contributed by atoms with Gasteiger partial charge in [0.2, 0.25) is 5.91 Å². The predicted molar refractivity (Wildman–Crippen MR) is 90.5 cm³/mol. The van der Waals surface area contributed by atoms with Crippen LogP contribution in [0.25, 0.3) is 6.08 Å². The maximum atomic E-state index is 12.2. The Bertz CT molecular complexity index is 621. The highest BCUT2D eigenvalue weighted by molar-refractivity contribution is 8.26. The second-order valence-corrected chi connectivity index (χ2v) is 6.23. The van der Waals surface area contributed by atoms with Gasteiger partial charge in [-0.3, -0.25) is 15.0 Å². The van der Waals surface area contributed by atoms with Crippen molar-refractivity contribution in [1.29, 1.82) is 0 Å². The van der Waals surface area contributed by atoms with Crippen molar-refractivity contribution in [1.82, 2.24) is 10.4 Å². The molecule has 7 heteroatoms. The van der Waals surface area contributed by atoms with E-state index in [1.807, 2.05) is 13.0 Å². The van der Waals surface area contributed by atoms with E-state index in [4.69, 9.17) is 16.6 Å². The van der Waals surface area contributed by atoms with Gasteiger partial charge in [-0.15, -0.1) is 0 Å². The van der Waals surface area contributed by atoms with Gasteiger partial charge >= 0.3 is 0 Å². The van der Waals surface area contributed by atoms with Crippen LogP contribution in [0.1, 0.15) is 31.9 Å². The minimum Gasteiger partial charge on any atom is -0.465 e. The Hall–Kier alpha value is -1.86. The summed E-state index contributed by atoms with van der Waals surface area (Å²) in [6, 6.07) is 3.59. The van der Waals surface area contributed by atoms with Gasteiger partial charge in [0.05, 0.1) is 11.2 Å². The van der Waals surface area contributed by atoms with E-state index in [9.17, 15) is 9.59 Å². The topological polar surface area (TPSA) is 62.6 Å². The fourth-order valence-corrected chi connectivity index (χ4v) is 2.84. The molecule has 1 aliphatic rings. The van der Waals surface area contributed by atoms with Crippen LogP contribution in [-0.4, -0.2) is 21.1 Å². The Morgan fingerprint density at radius 1 is 1.55 bits per heavy atom. The summed E-state index contributed by atoms with van der Waals surface area (Å²) in [6.45, 7) is 2.00. The van der Waals surface area contributed by atoms with E-state index in [0.717, 1.165) is 29.6 Å². The summed E-state index contributed by atoms with van der Waals surface area (Å²) in [6.07, 6.45) is 8.76. The third kappa shape index (κ3) is 4.32. The highest BCUT2D eigenvalue weighted by atomic mass is 32.2. The van der Waals surface area contributed by atoms with Crippen LogP contribution in [0.3, 0.4) is 0 Å². The van der Waals surface area contributed by atoms with Gasteiger partial charge in [-0.1, -0.05) is 31.2 Å². The van der Waals surface area contributed by atoms with Crippen molar-refractivity contribution in [2.75, 3.05) is 0 Å². The van der Waals surface area contributed by atoms with E-state index in [1.54, 1.807) is 30.6 Å². The largest absolute Gasteiger partial charge is 0.465 e. The fraction of sp³-hybridized carbons (Fsp3) is 0.267. The number of unbranched alkanes of at least 4 members (excludes halogenated alkanes) is 1. The molecular weight excluding hydrogens is 320 g/mol. The minimum absolute atomic E-state index is 0.203. The zero-order valence-electron chi connectivity index (χ0n) is 12.1. The molecule has 116 valence electrons. The molecule has 0 spiro atoms. The predicted octanol–water partition coefficient (Wildman–Crippen LogP) is 3.26. The van der Waals surface area contributed by atoms with Crippen LogP contribution in [0.2, 0.25) is 0 Å². The molecule has 5 nitrogen and oxygen atoms in total. The molecule has 0 radical (unpaired) electrons. The Morgan fingerprint density at radius 3 is 3.05 bits per heavy atom. The number of thioether (sulfide) groups is 1. The van der Waals surface area contributed by atoms with Crippen LogP contribution in [0.15, 0.2) is 39.9 Å². The molecule has 2 amide bonds. The summed E-state index contributed by atoms with van der Waals surface area (Å²) < 4.78 is 5.48. The lowest BCUT2D eigenvalue weighted by atomic mass is 10.2. The van der Waals surface area contributed by atoms with Crippen LogP contribution in [0.5, 0.6) is 0 Å². The van der Waals surface area contributed by atoms with Gasteiger partial charge in [-0.2, -0.15) is 5.01 Å². The van der Waals surface area contributed by atoms with E-state index in [1.165, 1.54) is 0 Å². The lowest BCUT2D eigenvalue weighted by Crippen LogP contribution is -2.44. The molecule has 2 rings (SSSR count). The monoisotopic (exact) mass is 336 g/mol. The second kappa shape index (κ2) is 7.95. The first-order valence-corrected chi connectivity index (χ1v) is 8.12. The third-order valence-corrected chi connectivity index (χ3v) is 4.16. The van der Waals surface area contributed by atoms with Gasteiger partial charge < -0.3 is 4.42 Å². The summed E-state index contributed by atoms with van der Waals surface area (Å²) in [5.41, 5.74) is 2.55. The maximum Gasteiger partial charge on any atom is 0.285 e. The molecule has 1 aliphatic heterocycles. The van der Waals surface area contributed by atoms with Gasteiger partial charge in [0, 0.05) is 6.42 Å². The summed E-state index contributed by atoms with van der Waals surface area (Å²) in [5.74, 6) is 0.175. The average Bonchev–Trinajstić information content (AvgIpc) is 3.09. The Kier molecular flexibility index (Phi) is 5.97. The Morgan fingerprint density at radius 2 is 2.36 bits per heavy atom. The first-order chi connectivity index (χ1) is 10.6. The number of rotatable bonds is 6. The van der Waals surface area contributed by atoms with E-state index < -0.39 is 0 Å². The van der Waals surface area contributed by atoms with Gasteiger partial charge in [0.1, 0.15) is 5.76 Å². The lowest BCUT2D eigenvalue weighted by Gasteiger charge is -2.15. The molecule has 1 N–H and O–H groups in total. The quantitative estimate of drug-likeness (QED) is 0.638. The van der Waals surface area contributed by atoms with Crippen LogP contribution in [0.4, 0.5) is 0 Å². The number of allylic oxidation sites excluding steroid dienone is 2. The zero-order chi connectivity index (χ0) is 15.9. The van der Waals surface area contributed by atoms with Gasteiger partial charge in [0.25, 0.3) is 5.91 Å². The number of carbonyl (C=O) groups is 2. The second-order valence-electron chi connectivity index (χ2n) is 4.55. The smallest absolute Gasteiger partial charge is 0.285 e. The average molecular weight is 336 g/mol. The van der Waals surface area contributed by atoms with Crippen molar-refractivity contribution >= 4 is 46.2 Å². The van der Waals surface area contributed by atoms with Crippen molar-refractivity contribution < 1.29 is 14.0 Å². The standard InChI is InChI=1S/C15H16N2O3S2/c1-2-3-9-13(18)16-17-14(19)12(22-15(17)21)8-4-6-11-7-5-10-20-11/h4-8,10H,2-3,9H2,1H3,(H,16,18). The van der Waals surface area contributed by atoms with Gasteiger partial charge in [-0.05, 0) is 42.9 Å². The number of hydrogen-bond acceptors (Lipinski definition) is 5. The number of nitrogens with one attached hydrogen (secondary N) is 1. The molecule has 1 aromatic rings. The molecule has 1 saturated heterocycles. The molecule has 0 atom stereocenters. The zero-order valence-corrected chi connectivity index (χ0v) is 13.7. The maximum absolute atomic E-state index is 12.2. The van der Waals surface area contributed by atoms with E-state index >= 15 is 0 Å². The van der Waals surface area contributed by atoms with Crippen molar-refractivity contribution in [2.24, 2.45) is 0 Å². The van der Waals surface area contributed by atoms with Crippen LogP contribution < -0.4 is 5.43 Å². The Labute approximate surface area is 138 Å². The molecule has 22 heavy (non-hydrogen) atoms. The number of carbonyl (C=O) groups excluding carboxylic acids is 2. The van der Waals surface area contributed by atoms with E-state index in [0.29, 0.717) is 21.4 Å². The first kappa shape index (κ1) is 16.5. The van der Waals surface area contributed by atoms with Crippen LogP contribution in [0, 0.1) is 0 Å². The molecule has 2 heterocycles. The molecular formula is C15H16N2O3S2. The summed E-state index contributed by atoms with van der Waals surface area (Å²) in [4.78, 5) is 24.4.